The Hall–Kier alpha value is -0.378. The number of hydrogen-bond acceptors (Lipinski definition) is 0. The van der Waals surface area contributed by atoms with Gasteiger partial charge in [-0.15, -0.1) is 12.8 Å². The van der Waals surface area contributed by atoms with Crippen molar-refractivity contribution in [3.05, 3.63) is 47.6 Å². The van der Waals surface area contributed by atoms with Crippen molar-refractivity contribution in [1.29, 1.82) is 0 Å². The first-order chi connectivity index (χ1) is 7.61. The predicted molar refractivity (Wildman–Crippen MR) is 70.7 cm³/mol. The van der Waals surface area contributed by atoms with Gasteiger partial charge in [-0.25, -0.2) is 23.3 Å². The summed E-state index contributed by atoms with van der Waals surface area (Å²) >= 11 is 0. The third kappa shape index (κ3) is 6.20. The molecule has 0 atom stereocenters. The zero-order chi connectivity index (χ0) is 12.0. The van der Waals surface area contributed by atoms with Crippen LogP contribution in [0.4, 0.5) is 0 Å². The molecule has 0 N–H and O–H groups in total. The molecule has 0 bridgehead atoms. The molecule has 1 heteroatoms. The Kier molecular flexibility index (Phi) is 8.48. The molecule has 0 aromatic carbocycles. The average Bonchev–Trinajstić information content (AvgIpc) is 2.93. The van der Waals surface area contributed by atoms with Crippen molar-refractivity contribution in [3.8, 4) is 0 Å². The fourth-order valence-electron chi connectivity index (χ4n) is 1.64. The van der Waals surface area contributed by atoms with Gasteiger partial charge in [0, 0.05) is 20.4 Å². The van der Waals surface area contributed by atoms with Crippen LogP contribution in [-0.4, -0.2) is 0 Å². The molecule has 2 aliphatic rings. The van der Waals surface area contributed by atoms with Crippen LogP contribution in [0.5, 0.6) is 0 Å². The van der Waals surface area contributed by atoms with Crippen molar-refractivity contribution in [2.45, 2.75) is 40.5 Å². The van der Waals surface area contributed by atoms with Crippen LogP contribution in [0, 0.1) is 24.0 Å². The van der Waals surface area contributed by atoms with E-state index in [9.17, 15) is 0 Å². The third-order valence-electron chi connectivity index (χ3n) is 2.69. The molecule has 17 heavy (non-hydrogen) atoms. The normalized spacial score (nSPS) is 16.6. The minimum absolute atomic E-state index is 0. The Balaban J connectivity index is 0.000000284. The smallest absolute Gasteiger partial charge is 0 e. The van der Waals surface area contributed by atoms with E-state index in [4.69, 9.17) is 0 Å². The minimum Gasteiger partial charge on any atom is -0.269 e. The van der Waals surface area contributed by atoms with Crippen LogP contribution < -0.4 is 0 Å². The van der Waals surface area contributed by atoms with Crippen LogP contribution in [0.25, 0.3) is 0 Å². The molecule has 95 valence electrons. The minimum atomic E-state index is 0. The summed E-state index contributed by atoms with van der Waals surface area (Å²) in [7, 11) is 0. The summed E-state index contributed by atoms with van der Waals surface area (Å²) < 4.78 is 0. The van der Waals surface area contributed by atoms with Crippen molar-refractivity contribution in [3.63, 3.8) is 0 Å². The van der Waals surface area contributed by atoms with Gasteiger partial charge in [0.15, 0.2) is 0 Å². The van der Waals surface area contributed by atoms with Crippen LogP contribution in [-0.2, 0) is 20.4 Å². The molecule has 0 aromatic heterocycles. The molecule has 0 saturated heterocycles. The van der Waals surface area contributed by atoms with Gasteiger partial charge in [0.1, 0.15) is 0 Å². The van der Waals surface area contributed by atoms with Gasteiger partial charge in [0.05, 0.1) is 0 Å². The van der Waals surface area contributed by atoms with Gasteiger partial charge in [-0.05, 0) is 0 Å². The largest absolute Gasteiger partial charge is 0.269 e. The Morgan fingerprint density at radius 2 is 1.18 bits per heavy atom. The van der Waals surface area contributed by atoms with Crippen LogP contribution in [0.2, 0.25) is 0 Å². The number of allylic oxidation sites excluding steroid dienone is 8. The first-order valence-electron chi connectivity index (χ1n) is 6.15. The molecule has 0 nitrogen and oxygen atoms in total. The second-order valence-electron chi connectivity index (χ2n) is 4.79. The van der Waals surface area contributed by atoms with Gasteiger partial charge >= 0.3 is 0 Å². The average molecular weight is 401 g/mol. The fourth-order valence-corrected chi connectivity index (χ4v) is 1.64. The topological polar surface area (TPSA) is 0 Å². The molecular weight excluding hydrogens is 378 g/mol. The summed E-state index contributed by atoms with van der Waals surface area (Å²) in [6, 6.07) is 0. The van der Waals surface area contributed by atoms with Crippen molar-refractivity contribution in [2.75, 3.05) is 0 Å². The van der Waals surface area contributed by atoms with Gasteiger partial charge in [-0.3, -0.25) is 12.2 Å². The Bertz CT molecular complexity index is 293. The fraction of sp³-hybridized carbons (Fsp3) is 0.500. The predicted octanol–water partition coefficient (Wildman–Crippen LogP) is 4.66. The summed E-state index contributed by atoms with van der Waals surface area (Å²) in [5, 5.41) is 0. The van der Waals surface area contributed by atoms with Crippen LogP contribution in [0.15, 0.2) is 35.5 Å². The van der Waals surface area contributed by atoms with Gasteiger partial charge in [0.25, 0.3) is 0 Å². The maximum atomic E-state index is 3.26. The molecule has 0 spiro atoms. The van der Waals surface area contributed by atoms with Crippen LogP contribution in [0.3, 0.4) is 0 Å². The SMILES string of the molecule is CC(C)C1=[C-]CC=C1.CC(C)C1=[C-]CC=C1.[Re]. The van der Waals surface area contributed by atoms with Gasteiger partial charge < -0.3 is 0 Å². The summed E-state index contributed by atoms with van der Waals surface area (Å²) in [5.74, 6) is 1.32. The van der Waals surface area contributed by atoms with Gasteiger partial charge in [0.2, 0.25) is 0 Å². The van der Waals surface area contributed by atoms with Crippen molar-refractivity contribution >= 4 is 0 Å². The number of rotatable bonds is 2. The second kappa shape index (κ2) is 8.68. The van der Waals surface area contributed by atoms with E-state index in [0.717, 1.165) is 12.8 Å². The molecular formula is C16H22Re-2. The molecule has 2 rings (SSSR count). The molecule has 0 aliphatic heterocycles. The molecule has 0 saturated carbocycles. The summed E-state index contributed by atoms with van der Waals surface area (Å²) in [6.07, 6.45) is 17.2. The number of hydrogen-bond donors (Lipinski definition) is 0. The van der Waals surface area contributed by atoms with Crippen molar-refractivity contribution in [2.24, 2.45) is 11.8 Å². The maximum absolute atomic E-state index is 3.26. The first kappa shape index (κ1) is 16.6. The van der Waals surface area contributed by atoms with Crippen LogP contribution >= 0.6 is 0 Å². The Labute approximate surface area is 120 Å². The van der Waals surface area contributed by atoms with E-state index in [-0.39, 0.29) is 20.4 Å². The van der Waals surface area contributed by atoms with Crippen molar-refractivity contribution in [1.82, 2.24) is 0 Å². The van der Waals surface area contributed by atoms with Gasteiger partial charge in [-0.1, -0.05) is 39.5 Å². The second-order valence-corrected chi connectivity index (χ2v) is 4.79. The molecule has 0 fully saturated rings. The van der Waals surface area contributed by atoms with E-state index < -0.39 is 0 Å². The van der Waals surface area contributed by atoms with E-state index in [1.165, 1.54) is 11.1 Å². The molecule has 0 heterocycles. The van der Waals surface area contributed by atoms with Gasteiger partial charge in [-0.2, -0.15) is 12.2 Å². The molecule has 2 aliphatic carbocycles. The van der Waals surface area contributed by atoms with Crippen LogP contribution in [0.1, 0.15) is 40.5 Å². The zero-order valence-electron chi connectivity index (χ0n) is 11.3. The van der Waals surface area contributed by atoms with E-state index >= 15 is 0 Å². The third-order valence-corrected chi connectivity index (χ3v) is 2.69. The first-order valence-corrected chi connectivity index (χ1v) is 6.15. The zero-order valence-corrected chi connectivity index (χ0v) is 14.0. The van der Waals surface area contributed by atoms with E-state index in [1.54, 1.807) is 0 Å². The summed E-state index contributed by atoms with van der Waals surface area (Å²) in [4.78, 5) is 0. The summed E-state index contributed by atoms with van der Waals surface area (Å²) in [5.41, 5.74) is 2.73. The standard InChI is InChI=1S/2C8H11.Re/c2*1-7(2)8-5-3-4-6-8;/h2*3,5,7H,4H2,1-2H3;/q2*-1;. The van der Waals surface area contributed by atoms with E-state index in [1.807, 2.05) is 0 Å². The molecule has 1 radical (unpaired) electrons. The Morgan fingerprint density at radius 1 is 0.824 bits per heavy atom. The van der Waals surface area contributed by atoms with Crippen molar-refractivity contribution < 1.29 is 20.4 Å². The molecule has 0 aromatic rings. The Morgan fingerprint density at radius 3 is 1.29 bits per heavy atom. The quantitative estimate of drug-likeness (QED) is 0.592. The maximum Gasteiger partial charge on any atom is 0 e. The molecule has 0 amide bonds. The van der Waals surface area contributed by atoms with E-state index in [0.29, 0.717) is 11.8 Å². The van der Waals surface area contributed by atoms with E-state index in [2.05, 4.69) is 64.2 Å². The molecule has 0 unspecified atom stereocenters. The monoisotopic (exact) mass is 401 g/mol. The summed E-state index contributed by atoms with van der Waals surface area (Å²) in [6.45, 7) is 8.77.